The lowest BCUT2D eigenvalue weighted by atomic mass is 10.2. The third-order valence-corrected chi connectivity index (χ3v) is 4.49. The normalized spacial score (nSPS) is 12.8. The number of aromatic nitrogens is 2. The average Bonchev–Trinajstić information content (AvgIpc) is 2.95. The van der Waals surface area contributed by atoms with Crippen LogP contribution < -0.4 is 5.32 Å². The largest absolute Gasteiger partial charge is 0.337 e. The molecule has 0 amide bonds. The molecular formula is C12H16BrN3S. The van der Waals surface area contributed by atoms with Crippen molar-refractivity contribution in [2.45, 2.75) is 25.9 Å². The van der Waals surface area contributed by atoms with Crippen molar-refractivity contribution in [1.29, 1.82) is 0 Å². The maximum Gasteiger partial charge on any atom is 0.0945 e. The first-order valence-corrected chi connectivity index (χ1v) is 7.36. The molecule has 0 saturated heterocycles. The van der Waals surface area contributed by atoms with Gasteiger partial charge < -0.3 is 9.88 Å². The maximum atomic E-state index is 4.03. The highest BCUT2D eigenvalue weighted by molar-refractivity contribution is 9.10. The van der Waals surface area contributed by atoms with Crippen molar-refractivity contribution in [2.24, 2.45) is 0 Å². The van der Waals surface area contributed by atoms with Crippen LogP contribution in [0.15, 0.2) is 34.6 Å². The molecule has 0 bridgehead atoms. The smallest absolute Gasteiger partial charge is 0.0945 e. The van der Waals surface area contributed by atoms with Crippen LogP contribution in [0.3, 0.4) is 0 Å². The van der Waals surface area contributed by atoms with Crippen LogP contribution in [0.2, 0.25) is 0 Å². The van der Waals surface area contributed by atoms with Gasteiger partial charge in [-0.3, -0.25) is 0 Å². The zero-order valence-electron chi connectivity index (χ0n) is 9.77. The summed E-state index contributed by atoms with van der Waals surface area (Å²) < 4.78 is 3.28. The topological polar surface area (TPSA) is 29.9 Å². The summed E-state index contributed by atoms with van der Waals surface area (Å²) in [5.74, 6) is 0. The molecule has 0 unspecified atom stereocenters. The SMILES string of the molecule is C[C@@H](NCCCn1ccnc1)c1cc(Br)cs1. The molecule has 0 aliphatic carbocycles. The van der Waals surface area contributed by atoms with E-state index in [1.165, 1.54) is 9.35 Å². The van der Waals surface area contributed by atoms with Crippen molar-refractivity contribution in [3.63, 3.8) is 0 Å². The standard InChI is InChI=1S/C12H16BrN3S/c1-10(12-7-11(13)8-17-12)15-3-2-5-16-6-4-14-9-16/h4,6-10,15H,2-3,5H2,1H3/t10-/m1/s1. The van der Waals surface area contributed by atoms with E-state index in [1.54, 1.807) is 11.3 Å². The fraction of sp³-hybridized carbons (Fsp3) is 0.417. The summed E-state index contributed by atoms with van der Waals surface area (Å²) in [5, 5.41) is 5.65. The van der Waals surface area contributed by atoms with Crippen molar-refractivity contribution >= 4 is 27.3 Å². The van der Waals surface area contributed by atoms with Gasteiger partial charge in [-0.25, -0.2) is 4.98 Å². The summed E-state index contributed by atoms with van der Waals surface area (Å²) in [4.78, 5) is 5.40. The second-order valence-electron chi connectivity index (χ2n) is 4.00. The maximum absolute atomic E-state index is 4.03. The van der Waals surface area contributed by atoms with Crippen molar-refractivity contribution in [3.05, 3.63) is 39.5 Å². The third kappa shape index (κ3) is 3.94. The van der Waals surface area contributed by atoms with Crippen LogP contribution in [-0.2, 0) is 6.54 Å². The van der Waals surface area contributed by atoms with E-state index < -0.39 is 0 Å². The predicted molar refractivity (Wildman–Crippen MR) is 75.3 cm³/mol. The van der Waals surface area contributed by atoms with Crippen LogP contribution in [0.1, 0.15) is 24.3 Å². The van der Waals surface area contributed by atoms with Gasteiger partial charge in [0.25, 0.3) is 0 Å². The minimum Gasteiger partial charge on any atom is -0.337 e. The number of nitrogens with zero attached hydrogens (tertiary/aromatic N) is 2. The highest BCUT2D eigenvalue weighted by Gasteiger charge is 2.06. The van der Waals surface area contributed by atoms with Crippen LogP contribution in [0.5, 0.6) is 0 Å². The molecule has 2 aromatic rings. The fourth-order valence-corrected chi connectivity index (χ4v) is 3.13. The Morgan fingerprint density at radius 3 is 3.12 bits per heavy atom. The van der Waals surface area contributed by atoms with Crippen molar-refractivity contribution in [3.8, 4) is 0 Å². The van der Waals surface area contributed by atoms with Crippen LogP contribution in [0.25, 0.3) is 0 Å². The Morgan fingerprint density at radius 1 is 1.59 bits per heavy atom. The molecule has 0 saturated carbocycles. The first-order chi connectivity index (χ1) is 8.25. The number of hydrogen-bond donors (Lipinski definition) is 1. The molecule has 0 aliphatic heterocycles. The minimum atomic E-state index is 0.425. The van der Waals surface area contributed by atoms with E-state index in [2.05, 4.69) is 49.2 Å². The Hall–Kier alpha value is -0.650. The molecule has 0 radical (unpaired) electrons. The Kier molecular flexibility index (Phi) is 4.76. The number of imidazole rings is 1. The number of rotatable bonds is 6. The quantitative estimate of drug-likeness (QED) is 0.828. The van der Waals surface area contributed by atoms with E-state index in [0.717, 1.165) is 19.5 Å². The number of aryl methyl sites for hydroxylation is 1. The van der Waals surface area contributed by atoms with Gasteiger partial charge in [-0.1, -0.05) is 0 Å². The molecule has 92 valence electrons. The molecule has 0 aromatic carbocycles. The lowest BCUT2D eigenvalue weighted by Gasteiger charge is -2.11. The van der Waals surface area contributed by atoms with Crippen molar-refractivity contribution in [2.75, 3.05) is 6.54 Å². The van der Waals surface area contributed by atoms with Crippen LogP contribution >= 0.6 is 27.3 Å². The summed E-state index contributed by atoms with van der Waals surface area (Å²) in [7, 11) is 0. The molecule has 2 heterocycles. The van der Waals surface area contributed by atoms with E-state index in [1.807, 2.05) is 18.7 Å². The molecule has 5 heteroatoms. The summed E-state index contributed by atoms with van der Waals surface area (Å²) in [6.45, 7) is 4.25. The van der Waals surface area contributed by atoms with Crippen molar-refractivity contribution < 1.29 is 0 Å². The zero-order valence-corrected chi connectivity index (χ0v) is 12.2. The number of hydrogen-bond acceptors (Lipinski definition) is 3. The molecule has 2 aromatic heterocycles. The predicted octanol–water partition coefficient (Wildman–Crippen LogP) is 3.45. The molecule has 1 N–H and O–H groups in total. The van der Waals surface area contributed by atoms with Gasteiger partial charge in [0, 0.05) is 39.7 Å². The van der Waals surface area contributed by atoms with Gasteiger partial charge in [-0.2, -0.15) is 0 Å². The monoisotopic (exact) mass is 313 g/mol. The Morgan fingerprint density at radius 2 is 2.47 bits per heavy atom. The molecule has 3 nitrogen and oxygen atoms in total. The van der Waals surface area contributed by atoms with E-state index >= 15 is 0 Å². The molecule has 17 heavy (non-hydrogen) atoms. The van der Waals surface area contributed by atoms with Gasteiger partial charge in [-0.15, -0.1) is 11.3 Å². The lowest BCUT2D eigenvalue weighted by Crippen LogP contribution is -2.20. The molecular weight excluding hydrogens is 298 g/mol. The van der Waals surface area contributed by atoms with Crippen LogP contribution in [0.4, 0.5) is 0 Å². The minimum absolute atomic E-state index is 0.425. The van der Waals surface area contributed by atoms with E-state index in [4.69, 9.17) is 0 Å². The lowest BCUT2D eigenvalue weighted by molar-refractivity contribution is 0.531. The Labute approximate surface area is 114 Å². The number of thiophene rings is 1. The average molecular weight is 314 g/mol. The summed E-state index contributed by atoms with van der Waals surface area (Å²) in [5.41, 5.74) is 0. The molecule has 1 atom stereocenters. The first kappa shape index (κ1) is 12.8. The molecule has 2 rings (SSSR count). The van der Waals surface area contributed by atoms with E-state index in [0.29, 0.717) is 6.04 Å². The Bertz CT molecular complexity index is 438. The second kappa shape index (κ2) is 6.33. The molecule has 0 fully saturated rings. The van der Waals surface area contributed by atoms with Gasteiger partial charge in [0.2, 0.25) is 0 Å². The van der Waals surface area contributed by atoms with Gasteiger partial charge in [0.1, 0.15) is 0 Å². The summed E-state index contributed by atoms with van der Waals surface area (Å²) >= 11 is 5.27. The molecule has 0 aliphatic rings. The fourth-order valence-electron chi connectivity index (χ4n) is 1.66. The van der Waals surface area contributed by atoms with E-state index in [-0.39, 0.29) is 0 Å². The zero-order chi connectivity index (χ0) is 12.1. The van der Waals surface area contributed by atoms with Crippen LogP contribution in [-0.4, -0.2) is 16.1 Å². The third-order valence-electron chi connectivity index (χ3n) is 2.62. The highest BCUT2D eigenvalue weighted by atomic mass is 79.9. The summed E-state index contributed by atoms with van der Waals surface area (Å²) in [6, 6.07) is 2.60. The number of nitrogens with one attached hydrogen (secondary N) is 1. The van der Waals surface area contributed by atoms with Gasteiger partial charge in [-0.05, 0) is 41.9 Å². The highest BCUT2D eigenvalue weighted by Crippen LogP contribution is 2.25. The first-order valence-electron chi connectivity index (χ1n) is 5.69. The Balaban J connectivity index is 1.68. The summed E-state index contributed by atoms with van der Waals surface area (Å²) in [6.07, 6.45) is 6.80. The molecule has 0 spiro atoms. The van der Waals surface area contributed by atoms with Crippen LogP contribution in [0, 0.1) is 0 Å². The van der Waals surface area contributed by atoms with Gasteiger partial charge >= 0.3 is 0 Å². The van der Waals surface area contributed by atoms with Crippen molar-refractivity contribution in [1.82, 2.24) is 14.9 Å². The second-order valence-corrected chi connectivity index (χ2v) is 5.86. The number of halogens is 1. The van der Waals surface area contributed by atoms with Gasteiger partial charge in [0.15, 0.2) is 0 Å². The van der Waals surface area contributed by atoms with E-state index in [9.17, 15) is 0 Å². The van der Waals surface area contributed by atoms with Gasteiger partial charge in [0.05, 0.1) is 6.33 Å².